The molecule has 0 heterocycles. The molecular weight excluding hydrogens is 427 g/mol. The second-order valence-corrected chi connectivity index (χ2v) is 8.57. The molecule has 3 rings (SSSR count). The Morgan fingerprint density at radius 3 is 1.64 bits per heavy atom. The maximum absolute atomic E-state index is 13.3. The molecule has 0 radical (unpaired) electrons. The molecule has 0 spiro atoms. The number of rotatable bonds is 7. The van der Waals surface area contributed by atoms with E-state index in [0.717, 1.165) is 22.3 Å². The van der Waals surface area contributed by atoms with Crippen molar-refractivity contribution in [3.63, 3.8) is 0 Å². The molecule has 0 aliphatic rings. The minimum absolute atomic E-state index is 0.0607. The molecule has 3 aromatic rings. The summed E-state index contributed by atoms with van der Waals surface area (Å²) in [5.41, 5.74) is 2.81. The van der Waals surface area contributed by atoms with Crippen LogP contribution in [0.4, 0.5) is 13.2 Å². The number of nitrogens with one attached hydrogen (secondary N) is 1. The van der Waals surface area contributed by atoms with Crippen molar-refractivity contribution in [2.75, 3.05) is 0 Å². The summed E-state index contributed by atoms with van der Waals surface area (Å²) in [4.78, 5) is 12.1. The van der Waals surface area contributed by atoms with E-state index in [2.05, 4.69) is 5.32 Å². The molecule has 33 heavy (non-hydrogen) atoms. The molecule has 3 nitrogen and oxygen atoms in total. The van der Waals surface area contributed by atoms with Crippen molar-refractivity contribution in [2.45, 2.75) is 51.4 Å². The minimum Gasteiger partial charge on any atom is -0.387 e. The monoisotopic (exact) mass is 455 g/mol. The van der Waals surface area contributed by atoms with Crippen LogP contribution < -0.4 is 5.32 Å². The highest BCUT2D eigenvalue weighted by molar-refractivity contribution is 5.82. The van der Waals surface area contributed by atoms with Crippen LogP contribution in [0.3, 0.4) is 0 Å². The number of hydrogen-bond acceptors (Lipinski definition) is 2. The number of aliphatic hydroxyl groups is 1. The summed E-state index contributed by atoms with van der Waals surface area (Å²) in [7, 11) is 0. The first-order valence-electron chi connectivity index (χ1n) is 10.8. The molecule has 3 aromatic carbocycles. The van der Waals surface area contributed by atoms with E-state index in [-0.39, 0.29) is 12.8 Å². The fourth-order valence-electron chi connectivity index (χ4n) is 4.17. The van der Waals surface area contributed by atoms with Crippen LogP contribution in [0.1, 0.15) is 39.4 Å². The predicted octanol–water partition coefficient (Wildman–Crippen LogP) is 5.55. The lowest BCUT2D eigenvalue weighted by molar-refractivity contribution is -0.176. The molecule has 2 N–H and O–H groups in total. The Bertz CT molecular complexity index is 1080. The fourth-order valence-corrected chi connectivity index (χ4v) is 4.17. The first-order valence-corrected chi connectivity index (χ1v) is 10.8. The molecule has 0 bridgehead atoms. The van der Waals surface area contributed by atoms with Gasteiger partial charge in [0.05, 0.1) is 11.6 Å². The standard InChI is InChI=1S/C27H28F3NO2/c1-18-10-4-7-13-21(18)16-26(33,17-22-14-8-5-11-19(22)2)24(31-25(32)27(28,29)30)23-15-9-6-12-20(23)3/h4-15,24,33H,16-17H2,1-3H3,(H,31,32). The fraction of sp³-hybridized carbons (Fsp3) is 0.296. The topological polar surface area (TPSA) is 49.3 Å². The molecule has 1 unspecified atom stereocenters. The molecular formula is C27H28F3NO2. The van der Waals surface area contributed by atoms with Crippen LogP contribution in [0.15, 0.2) is 72.8 Å². The average Bonchev–Trinajstić information content (AvgIpc) is 2.75. The van der Waals surface area contributed by atoms with Crippen LogP contribution in [0.2, 0.25) is 0 Å². The second kappa shape index (κ2) is 9.79. The van der Waals surface area contributed by atoms with E-state index < -0.39 is 23.7 Å². The maximum Gasteiger partial charge on any atom is 0.471 e. The van der Waals surface area contributed by atoms with Crippen LogP contribution >= 0.6 is 0 Å². The van der Waals surface area contributed by atoms with Gasteiger partial charge in [-0.25, -0.2) is 0 Å². The van der Waals surface area contributed by atoms with Crippen LogP contribution in [0.5, 0.6) is 0 Å². The molecule has 174 valence electrons. The molecule has 1 amide bonds. The van der Waals surface area contributed by atoms with Crippen molar-refractivity contribution in [3.05, 3.63) is 106 Å². The number of carbonyl (C=O) groups is 1. The third-order valence-corrected chi connectivity index (χ3v) is 6.09. The highest BCUT2D eigenvalue weighted by atomic mass is 19.4. The summed E-state index contributed by atoms with van der Waals surface area (Å²) < 4.78 is 39.9. The highest BCUT2D eigenvalue weighted by Crippen LogP contribution is 2.36. The van der Waals surface area contributed by atoms with Gasteiger partial charge in [-0.3, -0.25) is 4.79 Å². The molecule has 0 aliphatic heterocycles. The van der Waals surface area contributed by atoms with E-state index in [4.69, 9.17) is 0 Å². The Morgan fingerprint density at radius 1 is 0.788 bits per heavy atom. The smallest absolute Gasteiger partial charge is 0.387 e. The first-order chi connectivity index (χ1) is 15.5. The van der Waals surface area contributed by atoms with E-state index in [0.29, 0.717) is 11.1 Å². The highest BCUT2D eigenvalue weighted by Gasteiger charge is 2.46. The molecule has 0 fully saturated rings. The number of amides is 1. The Morgan fingerprint density at radius 2 is 1.21 bits per heavy atom. The van der Waals surface area contributed by atoms with Gasteiger partial charge in [0.2, 0.25) is 0 Å². The lowest BCUT2D eigenvalue weighted by atomic mass is 9.76. The van der Waals surface area contributed by atoms with E-state index in [1.807, 2.05) is 62.4 Å². The van der Waals surface area contributed by atoms with E-state index in [1.165, 1.54) is 0 Å². The normalized spacial score (nSPS) is 12.9. The molecule has 0 aromatic heterocycles. The van der Waals surface area contributed by atoms with Gasteiger partial charge in [0.15, 0.2) is 0 Å². The number of alkyl halides is 3. The quantitative estimate of drug-likeness (QED) is 0.491. The summed E-state index contributed by atoms with van der Waals surface area (Å²) >= 11 is 0. The van der Waals surface area contributed by atoms with Crippen LogP contribution in [-0.4, -0.2) is 22.8 Å². The van der Waals surface area contributed by atoms with Crippen LogP contribution in [0, 0.1) is 20.8 Å². The van der Waals surface area contributed by atoms with Crippen molar-refractivity contribution in [2.24, 2.45) is 0 Å². The summed E-state index contributed by atoms with van der Waals surface area (Å²) in [6, 6.07) is 20.4. The lowest BCUT2D eigenvalue weighted by Gasteiger charge is -2.39. The molecule has 0 saturated carbocycles. The summed E-state index contributed by atoms with van der Waals surface area (Å²) in [5, 5.41) is 14.3. The number of carbonyl (C=O) groups excluding carboxylic acids is 1. The summed E-state index contributed by atoms with van der Waals surface area (Å²) in [6.07, 6.45) is -4.95. The minimum atomic E-state index is -5.08. The van der Waals surface area contributed by atoms with Gasteiger partial charge in [0.25, 0.3) is 0 Å². The maximum atomic E-state index is 13.3. The predicted molar refractivity (Wildman–Crippen MR) is 123 cm³/mol. The van der Waals surface area contributed by atoms with Gasteiger partial charge >= 0.3 is 12.1 Å². The number of benzene rings is 3. The van der Waals surface area contributed by atoms with E-state index in [1.54, 1.807) is 31.2 Å². The van der Waals surface area contributed by atoms with Gasteiger partial charge in [-0.15, -0.1) is 0 Å². The summed E-state index contributed by atoms with van der Waals surface area (Å²) in [5.74, 6) is -2.08. The Hall–Kier alpha value is -3.12. The lowest BCUT2D eigenvalue weighted by Crippen LogP contribution is -2.52. The van der Waals surface area contributed by atoms with Gasteiger partial charge in [0, 0.05) is 12.8 Å². The van der Waals surface area contributed by atoms with Gasteiger partial charge in [-0.1, -0.05) is 72.8 Å². The van der Waals surface area contributed by atoms with Crippen molar-refractivity contribution in [3.8, 4) is 0 Å². The van der Waals surface area contributed by atoms with Crippen LogP contribution in [0.25, 0.3) is 0 Å². The molecule has 0 saturated heterocycles. The third-order valence-electron chi connectivity index (χ3n) is 6.09. The van der Waals surface area contributed by atoms with Gasteiger partial charge in [-0.2, -0.15) is 13.2 Å². The van der Waals surface area contributed by atoms with E-state index >= 15 is 0 Å². The Kier molecular flexibility index (Phi) is 7.28. The van der Waals surface area contributed by atoms with Gasteiger partial charge < -0.3 is 10.4 Å². The number of aryl methyl sites for hydroxylation is 3. The van der Waals surface area contributed by atoms with Crippen molar-refractivity contribution < 1.29 is 23.1 Å². The van der Waals surface area contributed by atoms with E-state index in [9.17, 15) is 23.1 Å². The van der Waals surface area contributed by atoms with Gasteiger partial charge in [-0.05, 0) is 54.2 Å². The first kappa shape index (κ1) is 24.5. The molecule has 6 heteroatoms. The van der Waals surface area contributed by atoms with Crippen molar-refractivity contribution in [1.29, 1.82) is 0 Å². The zero-order valence-electron chi connectivity index (χ0n) is 18.9. The number of halogens is 3. The Balaban J connectivity index is 2.17. The largest absolute Gasteiger partial charge is 0.471 e. The number of hydrogen-bond donors (Lipinski definition) is 2. The molecule has 1 atom stereocenters. The molecule has 0 aliphatic carbocycles. The van der Waals surface area contributed by atoms with Crippen molar-refractivity contribution in [1.82, 2.24) is 5.32 Å². The average molecular weight is 456 g/mol. The third kappa shape index (κ3) is 5.82. The van der Waals surface area contributed by atoms with Crippen LogP contribution in [-0.2, 0) is 17.6 Å². The summed E-state index contributed by atoms with van der Waals surface area (Å²) in [6.45, 7) is 5.53. The SMILES string of the molecule is Cc1ccccc1CC(O)(Cc1ccccc1C)C(NC(=O)C(F)(F)F)c1ccccc1C. The second-order valence-electron chi connectivity index (χ2n) is 8.57. The zero-order chi connectivity index (χ0) is 24.2. The zero-order valence-corrected chi connectivity index (χ0v) is 18.9. The Labute approximate surface area is 192 Å². The van der Waals surface area contributed by atoms with Gasteiger partial charge in [0.1, 0.15) is 0 Å². The van der Waals surface area contributed by atoms with Crippen molar-refractivity contribution >= 4 is 5.91 Å².